The maximum absolute atomic E-state index is 6.19. The second-order valence-electron chi connectivity index (χ2n) is 5.23. The van der Waals surface area contributed by atoms with E-state index in [1.54, 1.807) is 0 Å². The van der Waals surface area contributed by atoms with Gasteiger partial charge in [0.25, 0.3) is 0 Å². The Morgan fingerprint density at radius 2 is 1.24 bits per heavy atom. The summed E-state index contributed by atoms with van der Waals surface area (Å²) in [5.74, 6) is 0. The monoisotopic (exact) mass is 258 g/mol. The Kier molecular flexibility index (Phi) is 8.15. The molecular weight excluding hydrogens is 228 g/mol. The van der Waals surface area contributed by atoms with Crippen LogP contribution in [0, 0.1) is 0 Å². The highest BCUT2D eigenvalue weighted by molar-refractivity contribution is 6.68. The molecule has 0 saturated carbocycles. The van der Waals surface area contributed by atoms with Gasteiger partial charge in [-0.15, -0.1) is 0 Å². The van der Waals surface area contributed by atoms with Crippen molar-refractivity contribution in [3.8, 4) is 0 Å². The first-order valence-corrected chi connectivity index (χ1v) is 9.84. The first-order valence-electron chi connectivity index (χ1n) is 7.61. The summed E-state index contributed by atoms with van der Waals surface area (Å²) >= 11 is 0. The minimum atomic E-state index is -1.73. The van der Waals surface area contributed by atoms with Crippen molar-refractivity contribution in [3.63, 3.8) is 0 Å². The molecule has 1 heterocycles. The van der Waals surface area contributed by atoms with Crippen LogP contribution in [0.5, 0.6) is 0 Å². The van der Waals surface area contributed by atoms with Crippen LogP contribution in [0.25, 0.3) is 0 Å². The van der Waals surface area contributed by atoms with Crippen molar-refractivity contribution in [2.75, 3.05) is 13.2 Å². The van der Waals surface area contributed by atoms with E-state index in [9.17, 15) is 0 Å². The van der Waals surface area contributed by atoms with Gasteiger partial charge in [0, 0.05) is 13.2 Å². The third-order valence-electron chi connectivity index (χ3n) is 3.59. The lowest BCUT2D eigenvalue weighted by atomic mass is 10.3. The molecule has 1 rings (SSSR count). The van der Waals surface area contributed by atoms with Crippen molar-refractivity contribution < 1.29 is 8.85 Å². The van der Waals surface area contributed by atoms with Gasteiger partial charge in [0.1, 0.15) is 0 Å². The van der Waals surface area contributed by atoms with Crippen molar-refractivity contribution in [3.05, 3.63) is 0 Å². The quantitative estimate of drug-likeness (QED) is 0.420. The van der Waals surface area contributed by atoms with Gasteiger partial charge in [-0.2, -0.15) is 0 Å². The summed E-state index contributed by atoms with van der Waals surface area (Å²) < 4.78 is 12.4. The number of hydrogen-bond acceptors (Lipinski definition) is 2. The highest BCUT2D eigenvalue weighted by Crippen LogP contribution is 2.32. The van der Waals surface area contributed by atoms with E-state index in [2.05, 4.69) is 13.8 Å². The van der Waals surface area contributed by atoms with Gasteiger partial charge in [-0.25, -0.2) is 0 Å². The molecule has 0 unspecified atom stereocenters. The van der Waals surface area contributed by atoms with Gasteiger partial charge in [0.05, 0.1) is 0 Å². The van der Waals surface area contributed by atoms with Crippen LogP contribution in [-0.2, 0) is 8.85 Å². The van der Waals surface area contributed by atoms with Crippen molar-refractivity contribution in [2.45, 2.75) is 77.3 Å². The van der Waals surface area contributed by atoms with Gasteiger partial charge >= 0.3 is 8.56 Å². The van der Waals surface area contributed by atoms with E-state index in [1.165, 1.54) is 63.5 Å². The maximum Gasteiger partial charge on any atom is 0.338 e. The van der Waals surface area contributed by atoms with E-state index in [0.29, 0.717) is 0 Å². The van der Waals surface area contributed by atoms with Gasteiger partial charge in [0.15, 0.2) is 0 Å². The zero-order valence-electron chi connectivity index (χ0n) is 11.8. The molecule has 1 aliphatic heterocycles. The molecule has 0 aromatic carbocycles. The van der Waals surface area contributed by atoms with Crippen LogP contribution in [0.4, 0.5) is 0 Å². The molecule has 0 bridgehead atoms. The van der Waals surface area contributed by atoms with E-state index in [1.807, 2.05) is 0 Å². The van der Waals surface area contributed by atoms with Crippen LogP contribution >= 0.6 is 0 Å². The predicted molar refractivity (Wildman–Crippen MR) is 75.6 cm³/mol. The number of unbranched alkanes of at least 4 members (excludes halogenated alkanes) is 4. The zero-order chi connectivity index (χ0) is 12.4. The standard InChI is InChI=1S/C14H30O2Si/c1-3-5-7-11-15-17(13-9-10-14-17)16-12-8-6-4-2/h3-14H2,1-2H3. The fourth-order valence-corrected chi connectivity index (χ4v) is 5.99. The van der Waals surface area contributed by atoms with Crippen molar-refractivity contribution in [1.82, 2.24) is 0 Å². The summed E-state index contributed by atoms with van der Waals surface area (Å²) in [5.41, 5.74) is 0. The van der Waals surface area contributed by atoms with E-state index in [0.717, 1.165) is 13.2 Å². The van der Waals surface area contributed by atoms with Crippen LogP contribution in [0.2, 0.25) is 12.1 Å². The predicted octanol–water partition coefficient (Wildman–Crippen LogP) is 4.64. The van der Waals surface area contributed by atoms with Crippen LogP contribution in [0.15, 0.2) is 0 Å². The molecule has 0 radical (unpaired) electrons. The Balaban J connectivity index is 2.19. The summed E-state index contributed by atoms with van der Waals surface area (Å²) in [5, 5.41) is 0. The molecule has 0 aromatic rings. The van der Waals surface area contributed by atoms with E-state index in [4.69, 9.17) is 8.85 Å². The molecule has 0 atom stereocenters. The lowest BCUT2D eigenvalue weighted by molar-refractivity contribution is 0.167. The lowest BCUT2D eigenvalue weighted by Gasteiger charge is -2.26. The Hall–Kier alpha value is 0.137. The maximum atomic E-state index is 6.19. The molecule has 1 saturated heterocycles. The van der Waals surface area contributed by atoms with Crippen LogP contribution in [-0.4, -0.2) is 21.8 Å². The van der Waals surface area contributed by atoms with Crippen LogP contribution < -0.4 is 0 Å². The first-order chi connectivity index (χ1) is 8.33. The van der Waals surface area contributed by atoms with E-state index in [-0.39, 0.29) is 0 Å². The second-order valence-corrected chi connectivity index (χ2v) is 8.63. The van der Waals surface area contributed by atoms with Gasteiger partial charge in [0.2, 0.25) is 0 Å². The molecular formula is C14H30O2Si. The third-order valence-corrected chi connectivity index (χ3v) is 7.28. The SMILES string of the molecule is CCCCCO[Si]1(OCCCCC)CCCC1. The molecule has 102 valence electrons. The molecule has 17 heavy (non-hydrogen) atoms. The van der Waals surface area contributed by atoms with Gasteiger partial charge in [-0.1, -0.05) is 52.4 Å². The van der Waals surface area contributed by atoms with Crippen LogP contribution in [0.1, 0.15) is 65.2 Å². The smallest absolute Gasteiger partial charge is 0.338 e. The summed E-state index contributed by atoms with van der Waals surface area (Å²) in [6.45, 7) is 6.36. The fraction of sp³-hybridized carbons (Fsp3) is 1.00. The van der Waals surface area contributed by atoms with E-state index < -0.39 is 8.56 Å². The highest BCUT2D eigenvalue weighted by Gasteiger charge is 2.40. The van der Waals surface area contributed by atoms with Crippen molar-refractivity contribution in [2.24, 2.45) is 0 Å². The number of rotatable bonds is 10. The molecule has 0 aliphatic carbocycles. The fourth-order valence-electron chi connectivity index (χ4n) is 2.46. The van der Waals surface area contributed by atoms with Gasteiger partial charge in [-0.3, -0.25) is 0 Å². The molecule has 1 fully saturated rings. The molecule has 0 N–H and O–H groups in total. The summed E-state index contributed by atoms with van der Waals surface area (Å²) in [4.78, 5) is 0. The normalized spacial score (nSPS) is 18.7. The Morgan fingerprint density at radius 3 is 1.65 bits per heavy atom. The largest absolute Gasteiger partial charge is 0.394 e. The van der Waals surface area contributed by atoms with Crippen molar-refractivity contribution >= 4 is 8.56 Å². The average molecular weight is 258 g/mol. The Bertz CT molecular complexity index is 165. The van der Waals surface area contributed by atoms with Crippen LogP contribution in [0.3, 0.4) is 0 Å². The number of hydrogen-bond donors (Lipinski definition) is 0. The summed E-state index contributed by atoms with van der Waals surface area (Å²) in [6.07, 6.45) is 10.2. The average Bonchev–Trinajstić information content (AvgIpc) is 2.80. The Labute approximate surface area is 108 Å². The molecule has 3 heteroatoms. The third kappa shape index (κ3) is 6.02. The molecule has 0 amide bonds. The van der Waals surface area contributed by atoms with Gasteiger partial charge in [-0.05, 0) is 24.9 Å². The molecule has 0 aromatic heterocycles. The minimum absolute atomic E-state index is 0.938. The topological polar surface area (TPSA) is 18.5 Å². The first kappa shape index (κ1) is 15.2. The summed E-state index contributed by atoms with van der Waals surface area (Å²) in [6, 6.07) is 2.48. The Morgan fingerprint density at radius 1 is 0.765 bits per heavy atom. The van der Waals surface area contributed by atoms with Crippen molar-refractivity contribution in [1.29, 1.82) is 0 Å². The van der Waals surface area contributed by atoms with E-state index >= 15 is 0 Å². The molecule has 2 nitrogen and oxygen atoms in total. The summed E-state index contributed by atoms with van der Waals surface area (Å²) in [7, 11) is -1.73. The minimum Gasteiger partial charge on any atom is -0.394 e. The molecule has 0 spiro atoms. The molecule has 1 aliphatic rings. The second kappa shape index (κ2) is 9.12. The van der Waals surface area contributed by atoms with Gasteiger partial charge < -0.3 is 8.85 Å². The zero-order valence-corrected chi connectivity index (χ0v) is 12.8. The highest BCUT2D eigenvalue weighted by atomic mass is 28.4. The lowest BCUT2D eigenvalue weighted by Crippen LogP contribution is -2.39.